The first-order valence-corrected chi connectivity index (χ1v) is 4.59. The van der Waals surface area contributed by atoms with Crippen LogP contribution in [0.2, 0.25) is 5.02 Å². The lowest BCUT2D eigenvalue weighted by atomic mass is 10.1. The van der Waals surface area contributed by atoms with Gasteiger partial charge in [-0.25, -0.2) is 4.39 Å². The van der Waals surface area contributed by atoms with Crippen LogP contribution in [0.5, 0.6) is 0 Å². The van der Waals surface area contributed by atoms with E-state index in [2.05, 4.69) is 0 Å². The highest BCUT2D eigenvalue weighted by Gasteiger charge is 2.08. The molecule has 0 N–H and O–H groups in total. The summed E-state index contributed by atoms with van der Waals surface area (Å²) in [5.74, 6) is -0.728. The number of rotatable bonds is 4. The van der Waals surface area contributed by atoms with Gasteiger partial charge in [-0.2, -0.15) is 0 Å². The molecule has 0 bridgehead atoms. The van der Waals surface area contributed by atoms with Crippen LogP contribution < -0.4 is 0 Å². The quantitative estimate of drug-likeness (QED) is 0.724. The lowest BCUT2D eigenvalue weighted by Crippen LogP contribution is -2.08. The molecule has 14 heavy (non-hydrogen) atoms. The standard InChI is InChI=1S/C10H10ClFO2/c1-2-14-6-10(13)7-3-4-9(12)8(11)5-7/h3-5H,2,6H2,1H3. The number of Topliss-reactive ketones (excluding diaryl/α,β-unsaturated/α-hetero) is 1. The topological polar surface area (TPSA) is 26.3 Å². The number of hydrogen-bond donors (Lipinski definition) is 0. The van der Waals surface area contributed by atoms with Crippen molar-refractivity contribution in [1.82, 2.24) is 0 Å². The molecule has 1 aromatic rings. The minimum atomic E-state index is -0.528. The van der Waals surface area contributed by atoms with Gasteiger partial charge in [0, 0.05) is 12.2 Å². The number of carbonyl (C=O) groups is 1. The summed E-state index contributed by atoms with van der Waals surface area (Å²) in [5, 5.41) is -0.0488. The van der Waals surface area contributed by atoms with Crippen LogP contribution in [-0.4, -0.2) is 19.0 Å². The van der Waals surface area contributed by atoms with Crippen molar-refractivity contribution >= 4 is 17.4 Å². The van der Waals surface area contributed by atoms with Gasteiger partial charge in [-0.15, -0.1) is 0 Å². The highest BCUT2D eigenvalue weighted by molar-refractivity contribution is 6.31. The second-order valence-corrected chi connectivity index (χ2v) is 3.10. The first-order chi connectivity index (χ1) is 6.65. The first-order valence-electron chi connectivity index (χ1n) is 4.21. The molecule has 1 rings (SSSR count). The zero-order valence-electron chi connectivity index (χ0n) is 7.72. The molecule has 0 heterocycles. The Bertz CT molecular complexity index is 339. The van der Waals surface area contributed by atoms with Gasteiger partial charge in [-0.3, -0.25) is 4.79 Å². The summed E-state index contributed by atoms with van der Waals surface area (Å²) < 4.78 is 17.7. The largest absolute Gasteiger partial charge is 0.374 e. The van der Waals surface area contributed by atoms with Crippen molar-refractivity contribution in [3.8, 4) is 0 Å². The first kappa shape index (κ1) is 11.1. The van der Waals surface area contributed by atoms with Crippen LogP contribution in [0, 0.1) is 5.82 Å². The minimum Gasteiger partial charge on any atom is -0.374 e. The van der Waals surface area contributed by atoms with E-state index in [-0.39, 0.29) is 17.4 Å². The SMILES string of the molecule is CCOCC(=O)c1ccc(F)c(Cl)c1. The average molecular weight is 217 g/mol. The Labute approximate surface area is 86.6 Å². The number of ether oxygens (including phenoxy) is 1. The zero-order chi connectivity index (χ0) is 10.6. The van der Waals surface area contributed by atoms with Crippen molar-refractivity contribution in [3.05, 3.63) is 34.6 Å². The molecule has 2 nitrogen and oxygen atoms in total. The molecule has 0 unspecified atom stereocenters. The van der Waals surface area contributed by atoms with Crippen LogP contribution >= 0.6 is 11.6 Å². The molecule has 0 spiro atoms. The number of halogens is 2. The molecule has 0 aromatic heterocycles. The summed E-state index contributed by atoms with van der Waals surface area (Å²) >= 11 is 5.52. The van der Waals surface area contributed by atoms with E-state index in [0.29, 0.717) is 12.2 Å². The smallest absolute Gasteiger partial charge is 0.188 e. The molecule has 1 aromatic carbocycles. The van der Waals surface area contributed by atoms with E-state index in [1.807, 2.05) is 0 Å². The van der Waals surface area contributed by atoms with Crippen molar-refractivity contribution in [2.75, 3.05) is 13.2 Å². The molecule has 76 valence electrons. The van der Waals surface area contributed by atoms with Crippen LogP contribution in [0.3, 0.4) is 0 Å². The molecule has 0 amide bonds. The Morgan fingerprint density at radius 2 is 2.29 bits per heavy atom. The van der Waals surface area contributed by atoms with Crippen molar-refractivity contribution < 1.29 is 13.9 Å². The Morgan fingerprint density at radius 3 is 2.86 bits per heavy atom. The number of carbonyl (C=O) groups excluding carboxylic acids is 1. The summed E-state index contributed by atoms with van der Waals surface area (Å²) in [6.07, 6.45) is 0. The second kappa shape index (κ2) is 5.08. The molecule has 0 atom stereocenters. The van der Waals surface area contributed by atoms with Gasteiger partial charge >= 0.3 is 0 Å². The zero-order valence-corrected chi connectivity index (χ0v) is 8.47. The lowest BCUT2D eigenvalue weighted by molar-refractivity contribution is 0.0783. The fraction of sp³-hybridized carbons (Fsp3) is 0.300. The number of benzene rings is 1. The molecule has 0 radical (unpaired) electrons. The molecular weight excluding hydrogens is 207 g/mol. The third-order valence-electron chi connectivity index (χ3n) is 1.68. The predicted octanol–water partition coefficient (Wildman–Crippen LogP) is 2.70. The monoisotopic (exact) mass is 216 g/mol. The highest BCUT2D eigenvalue weighted by Crippen LogP contribution is 2.16. The molecule has 0 aliphatic heterocycles. The van der Waals surface area contributed by atoms with Crippen LogP contribution in [0.15, 0.2) is 18.2 Å². The van der Waals surface area contributed by atoms with E-state index in [1.54, 1.807) is 6.92 Å². The van der Waals surface area contributed by atoms with Crippen LogP contribution in [-0.2, 0) is 4.74 Å². The van der Waals surface area contributed by atoms with E-state index in [4.69, 9.17) is 16.3 Å². The Morgan fingerprint density at radius 1 is 1.57 bits per heavy atom. The molecule has 0 saturated heterocycles. The summed E-state index contributed by atoms with van der Waals surface area (Å²) in [7, 11) is 0. The second-order valence-electron chi connectivity index (χ2n) is 2.69. The fourth-order valence-electron chi connectivity index (χ4n) is 0.948. The van der Waals surface area contributed by atoms with E-state index >= 15 is 0 Å². The fourth-order valence-corrected chi connectivity index (χ4v) is 1.13. The summed E-state index contributed by atoms with van der Waals surface area (Å²) in [6.45, 7) is 2.27. The van der Waals surface area contributed by atoms with E-state index in [9.17, 15) is 9.18 Å². The lowest BCUT2D eigenvalue weighted by Gasteiger charge is -2.01. The summed E-state index contributed by atoms with van der Waals surface area (Å²) in [6, 6.07) is 3.86. The van der Waals surface area contributed by atoms with Gasteiger partial charge in [0.25, 0.3) is 0 Å². The molecule has 4 heteroatoms. The van der Waals surface area contributed by atoms with Gasteiger partial charge in [0.05, 0.1) is 5.02 Å². The molecule has 0 fully saturated rings. The van der Waals surface area contributed by atoms with Gasteiger partial charge in [-0.05, 0) is 25.1 Å². The maximum absolute atomic E-state index is 12.7. The minimum absolute atomic E-state index is 0.00153. The van der Waals surface area contributed by atoms with Crippen LogP contribution in [0.25, 0.3) is 0 Å². The van der Waals surface area contributed by atoms with Gasteiger partial charge in [0.15, 0.2) is 5.78 Å². The molecule has 0 aliphatic rings. The van der Waals surface area contributed by atoms with Crippen molar-refractivity contribution in [2.45, 2.75) is 6.92 Å². The van der Waals surface area contributed by atoms with E-state index in [1.165, 1.54) is 18.2 Å². The van der Waals surface area contributed by atoms with E-state index < -0.39 is 5.82 Å². The van der Waals surface area contributed by atoms with Crippen molar-refractivity contribution in [2.24, 2.45) is 0 Å². The van der Waals surface area contributed by atoms with Crippen LogP contribution in [0.1, 0.15) is 17.3 Å². The van der Waals surface area contributed by atoms with E-state index in [0.717, 1.165) is 0 Å². The predicted molar refractivity (Wildman–Crippen MR) is 52.2 cm³/mol. The number of hydrogen-bond acceptors (Lipinski definition) is 2. The summed E-state index contributed by atoms with van der Waals surface area (Å²) in [4.78, 5) is 11.4. The third kappa shape index (κ3) is 2.79. The summed E-state index contributed by atoms with van der Waals surface area (Å²) in [5.41, 5.74) is 0.366. The van der Waals surface area contributed by atoms with Gasteiger partial charge in [0.2, 0.25) is 0 Å². The Kier molecular flexibility index (Phi) is 4.04. The maximum atomic E-state index is 12.7. The highest BCUT2D eigenvalue weighted by atomic mass is 35.5. The normalized spacial score (nSPS) is 10.2. The van der Waals surface area contributed by atoms with Crippen molar-refractivity contribution in [3.63, 3.8) is 0 Å². The van der Waals surface area contributed by atoms with Gasteiger partial charge in [-0.1, -0.05) is 11.6 Å². The van der Waals surface area contributed by atoms with Crippen LogP contribution in [0.4, 0.5) is 4.39 Å². The maximum Gasteiger partial charge on any atom is 0.188 e. The third-order valence-corrected chi connectivity index (χ3v) is 1.97. The van der Waals surface area contributed by atoms with Gasteiger partial charge < -0.3 is 4.74 Å². The van der Waals surface area contributed by atoms with Crippen molar-refractivity contribution in [1.29, 1.82) is 0 Å². The van der Waals surface area contributed by atoms with Gasteiger partial charge in [0.1, 0.15) is 12.4 Å². The Balaban J connectivity index is 2.76. The molecular formula is C10H10ClFO2. The molecule has 0 saturated carbocycles. The number of ketones is 1. The average Bonchev–Trinajstić information content (AvgIpc) is 2.18. The molecule has 0 aliphatic carbocycles. The Hall–Kier alpha value is -0.930.